The number of rotatable bonds is 10. The van der Waals surface area contributed by atoms with Crippen molar-refractivity contribution in [2.75, 3.05) is 33.9 Å². The first-order valence-electron chi connectivity index (χ1n) is 8.70. The fourth-order valence-electron chi connectivity index (χ4n) is 2.64. The van der Waals surface area contributed by atoms with Crippen LogP contribution in [0.2, 0.25) is 0 Å². The van der Waals surface area contributed by atoms with Crippen LogP contribution in [0.15, 0.2) is 18.2 Å². The molecule has 0 atom stereocenters. The van der Waals surface area contributed by atoms with Gasteiger partial charge in [-0.05, 0) is 30.5 Å². The Kier molecular flexibility index (Phi) is 8.81. The fourth-order valence-corrected chi connectivity index (χ4v) is 2.64. The zero-order valence-corrected chi connectivity index (χ0v) is 16.0. The zero-order chi connectivity index (χ0) is 18.8. The van der Waals surface area contributed by atoms with E-state index in [4.69, 9.17) is 9.47 Å². The molecule has 1 rings (SSSR count). The summed E-state index contributed by atoms with van der Waals surface area (Å²) in [6.07, 6.45) is 1.81. The summed E-state index contributed by atoms with van der Waals surface area (Å²) in [5.41, 5.74) is 0.887. The monoisotopic (exact) mass is 350 g/mol. The van der Waals surface area contributed by atoms with Crippen LogP contribution in [0.5, 0.6) is 11.5 Å². The van der Waals surface area contributed by atoms with Gasteiger partial charge in [-0.25, -0.2) is 0 Å². The van der Waals surface area contributed by atoms with Crippen molar-refractivity contribution in [2.24, 2.45) is 0 Å². The first kappa shape index (κ1) is 20.8. The number of hydrogen-bond acceptors (Lipinski definition) is 4. The third-order valence-corrected chi connectivity index (χ3v) is 3.93. The van der Waals surface area contributed by atoms with Crippen molar-refractivity contribution in [3.05, 3.63) is 23.8 Å². The van der Waals surface area contributed by atoms with Crippen molar-refractivity contribution in [1.29, 1.82) is 0 Å². The van der Waals surface area contributed by atoms with E-state index in [1.807, 2.05) is 30.9 Å². The molecule has 0 spiro atoms. The highest BCUT2D eigenvalue weighted by molar-refractivity contribution is 5.83. The summed E-state index contributed by atoms with van der Waals surface area (Å²) in [5.74, 6) is 1.10. The number of amides is 2. The van der Waals surface area contributed by atoms with Crippen LogP contribution < -0.4 is 9.47 Å². The van der Waals surface area contributed by atoms with E-state index in [0.29, 0.717) is 18.0 Å². The van der Waals surface area contributed by atoms with Gasteiger partial charge >= 0.3 is 0 Å². The van der Waals surface area contributed by atoms with Gasteiger partial charge in [-0.2, -0.15) is 0 Å². The molecule has 0 aliphatic carbocycles. The van der Waals surface area contributed by atoms with E-state index in [2.05, 4.69) is 0 Å². The second-order valence-electron chi connectivity index (χ2n) is 5.95. The van der Waals surface area contributed by atoms with Crippen LogP contribution in [-0.2, 0) is 16.1 Å². The average Bonchev–Trinajstić information content (AvgIpc) is 2.60. The van der Waals surface area contributed by atoms with E-state index < -0.39 is 0 Å². The molecule has 2 amide bonds. The highest BCUT2D eigenvalue weighted by atomic mass is 16.5. The summed E-state index contributed by atoms with van der Waals surface area (Å²) in [5, 5.41) is 0. The van der Waals surface area contributed by atoms with Gasteiger partial charge in [0, 0.05) is 26.6 Å². The van der Waals surface area contributed by atoms with Crippen LogP contribution in [0.25, 0.3) is 0 Å². The molecule has 0 aliphatic heterocycles. The molecule has 0 saturated carbocycles. The molecule has 0 bridgehead atoms. The Bertz CT molecular complexity index is 569. The topological polar surface area (TPSA) is 59.1 Å². The lowest BCUT2D eigenvalue weighted by atomic mass is 10.2. The molecule has 1 aromatic rings. The molecule has 6 nitrogen and oxygen atoms in total. The second-order valence-corrected chi connectivity index (χ2v) is 5.95. The van der Waals surface area contributed by atoms with Crippen LogP contribution in [0.3, 0.4) is 0 Å². The molecule has 0 aromatic heterocycles. The Morgan fingerprint density at radius 2 is 1.56 bits per heavy atom. The van der Waals surface area contributed by atoms with Gasteiger partial charge < -0.3 is 19.3 Å². The summed E-state index contributed by atoms with van der Waals surface area (Å²) in [7, 11) is 3.15. The quantitative estimate of drug-likeness (QED) is 0.651. The van der Waals surface area contributed by atoms with Gasteiger partial charge in [0.1, 0.15) is 6.54 Å². The van der Waals surface area contributed by atoms with Crippen LogP contribution in [0.1, 0.15) is 39.2 Å². The zero-order valence-electron chi connectivity index (χ0n) is 16.0. The first-order chi connectivity index (χ1) is 12.0. The minimum absolute atomic E-state index is 0.0145. The molecule has 0 saturated heterocycles. The normalized spacial score (nSPS) is 10.3. The average molecular weight is 350 g/mol. The van der Waals surface area contributed by atoms with Crippen molar-refractivity contribution < 1.29 is 19.1 Å². The van der Waals surface area contributed by atoms with Crippen LogP contribution in [0, 0.1) is 0 Å². The van der Waals surface area contributed by atoms with Gasteiger partial charge in [-0.15, -0.1) is 0 Å². The van der Waals surface area contributed by atoms with Gasteiger partial charge in [-0.1, -0.05) is 19.9 Å². The number of carbonyl (C=O) groups excluding carboxylic acids is 2. The van der Waals surface area contributed by atoms with Crippen LogP contribution >= 0.6 is 0 Å². The highest BCUT2D eigenvalue weighted by Crippen LogP contribution is 2.28. The van der Waals surface area contributed by atoms with E-state index in [-0.39, 0.29) is 18.4 Å². The molecule has 0 fully saturated rings. The maximum atomic E-state index is 12.5. The largest absolute Gasteiger partial charge is 0.493 e. The molecule has 25 heavy (non-hydrogen) atoms. The van der Waals surface area contributed by atoms with Crippen molar-refractivity contribution in [3.8, 4) is 11.5 Å². The number of nitrogens with zero attached hydrogens (tertiary/aromatic N) is 2. The lowest BCUT2D eigenvalue weighted by Crippen LogP contribution is -2.42. The Morgan fingerprint density at radius 3 is 2.04 bits per heavy atom. The number of methoxy groups -OCH3 is 2. The molecule has 140 valence electrons. The maximum Gasteiger partial charge on any atom is 0.242 e. The summed E-state index contributed by atoms with van der Waals surface area (Å²) in [6, 6.07) is 5.50. The minimum Gasteiger partial charge on any atom is -0.493 e. The van der Waals surface area contributed by atoms with E-state index in [1.165, 1.54) is 6.92 Å². The van der Waals surface area contributed by atoms with Crippen molar-refractivity contribution in [3.63, 3.8) is 0 Å². The summed E-state index contributed by atoms with van der Waals surface area (Å²) in [4.78, 5) is 27.9. The Balaban J connectivity index is 2.87. The third-order valence-electron chi connectivity index (χ3n) is 3.93. The van der Waals surface area contributed by atoms with Crippen LogP contribution in [0.4, 0.5) is 0 Å². The lowest BCUT2D eigenvalue weighted by molar-refractivity contribution is -0.140. The number of carbonyl (C=O) groups is 2. The molecule has 0 aliphatic rings. The van der Waals surface area contributed by atoms with Crippen molar-refractivity contribution in [1.82, 2.24) is 9.80 Å². The number of hydrogen-bond donors (Lipinski definition) is 0. The molecule has 6 heteroatoms. The highest BCUT2D eigenvalue weighted by Gasteiger charge is 2.19. The molecule has 1 aromatic carbocycles. The summed E-state index contributed by atoms with van der Waals surface area (Å²) < 4.78 is 10.5. The minimum atomic E-state index is -0.129. The van der Waals surface area contributed by atoms with E-state index >= 15 is 0 Å². The third kappa shape index (κ3) is 6.29. The molecule has 0 unspecified atom stereocenters. The number of benzene rings is 1. The molecular weight excluding hydrogens is 320 g/mol. The van der Waals surface area contributed by atoms with Gasteiger partial charge in [0.15, 0.2) is 11.5 Å². The van der Waals surface area contributed by atoms with Crippen molar-refractivity contribution >= 4 is 11.8 Å². The Labute approximate surface area is 150 Å². The molecule has 0 radical (unpaired) electrons. The second kappa shape index (κ2) is 10.6. The van der Waals surface area contributed by atoms with Gasteiger partial charge in [0.05, 0.1) is 14.2 Å². The van der Waals surface area contributed by atoms with Gasteiger partial charge in [0.2, 0.25) is 11.8 Å². The maximum absolute atomic E-state index is 12.5. The Morgan fingerprint density at radius 1 is 0.960 bits per heavy atom. The lowest BCUT2D eigenvalue weighted by Gasteiger charge is -2.27. The van der Waals surface area contributed by atoms with Crippen molar-refractivity contribution in [2.45, 2.75) is 40.2 Å². The fraction of sp³-hybridized carbons (Fsp3) is 0.579. The van der Waals surface area contributed by atoms with E-state index in [9.17, 15) is 9.59 Å². The Hall–Kier alpha value is -2.24. The number of ether oxygens (including phenoxy) is 2. The summed E-state index contributed by atoms with van der Waals surface area (Å²) in [6.45, 7) is 7.45. The summed E-state index contributed by atoms with van der Waals surface area (Å²) >= 11 is 0. The van der Waals surface area contributed by atoms with E-state index in [1.54, 1.807) is 25.2 Å². The molecule has 0 N–H and O–H groups in total. The van der Waals surface area contributed by atoms with Gasteiger partial charge in [0.25, 0.3) is 0 Å². The van der Waals surface area contributed by atoms with Gasteiger partial charge in [-0.3, -0.25) is 9.59 Å². The molecule has 0 heterocycles. The SMILES string of the molecule is CCCN(CCC)C(=O)CN(Cc1ccc(OC)c(OC)c1)C(C)=O. The smallest absolute Gasteiger partial charge is 0.242 e. The first-order valence-corrected chi connectivity index (χ1v) is 8.70. The standard InChI is InChI=1S/C19H30N2O4/c1-6-10-20(11-7-2)19(23)14-21(15(3)22)13-16-8-9-17(24-4)18(12-16)25-5/h8-9,12H,6-7,10-11,13-14H2,1-5H3. The molecular formula is C19H30N2O4. The van der Waals surface area contributed by atoms with E-state index in [0.717, 1.165) is 31.5 Å². The predicted octanol–water partition coefficient (Wildman–Crippen LogP) is 2.70. The van der Waals surface area contributed by atoms with Crippen LogP contribution in [-0.4, -0.2) is 55.5 Å². The predicted molar refractivity (Wildman–Crippen MR) is 97.8 cm³/mol.